The van der Waals surface area contributed by atoms with Gasteiger partial charge in [0, 0.05) is 30.1 Å². The van der Waals surface area contributed by atoms with Gasteiger partial charge in [-0.05, 0) is 51.5 Å². The number of carbonyl (C=O) groups excluding carboxylic acids is 3. The molecule has 8 nitrogen and oxygen atoms in total. The molecule has 0 fully saturated rings. The number of hydrogen-bond acceptors (Lipinski definition) is 5. The van der Waals surface area contributed by atoms with Gasteiger partial charge >= 0.3 is 0 Å². The van der Waals surface area contributed by atoms with Crippen molar-refractivity contribution in [3.8, 4) is 5.75 Å². The molecule has 0 bridgehead atoms. The molecule has 198 valence electrons. The lowest BCUT2D eigenvalue weighted by molar-refractivity contribution is -0.136. The topological polar surface area (TPSA) is 109 Å². The van der Waals surface area contributed by atoms with Gasteiger partial charge in [-0.25, -0.2) is 0 Å². The first kappa shape index (κ1) is 28.2. The van der Waals surface area contributed by atoms with Crippen molar-refractivity contribution in [1.29, 1.82) is 0 Å². The second kappa shape index (κ2) is 12.3. The van der Waals surface area contributed by atoms with Crippen LogP contribution in [0.3, 0.4) is 0 Å². The van der Waals surface area contributed by atoms with E-state index in [1.165, 1.54) is 0 Å². The molecular weight excluding hydrogens is 492 g/mol. The number of halogens is 1. The van der Waals surface area contributed by atoms with Crippen molar-refractivity contribution < 1.29 is 19.1 Å². The highest BCUT2D eigenvalue weighted by molar-refractivity contribution is 6.30. The molecule has 1 aliphatic heterocycles. The van der Waals surface area contributed by atoms with Crippen LogP contribution in [0.1, 0.15) is 38.8 Å². The Morgan fingerprint density at radius 2 is 1.73 bits per heavy atom. The van der Waals surface area contributed by atoms with Crippen LogP contribution in [0.25, 0.3) is 6.08 Å². The largest absolute Gasteiger partial charge is 0.492 e. The number of hydrogen-bond donors (Lipinski definition) is 4. The first-order valence-corrected chi connectivity index (χ1v) is 12.6. The molecule has 3 rings (SSSR count). The summed E-state index contributed by atoms with van der Waals surface area (Å²) >= 11 is 6.13. The minimum absolute atomic E-state index is 0.232. The van der Waals surface area contributed by atoms with Crippen molar-refractivity contribution in [1.82, 2.24) is 21.3 Å². The zero-order valence-corrected chi connectivity index (χ0v) is 22.4. The number of fused-ring (bicyclic) bond motifs is 1. The lowest BCUT2D eigenvalue weighted by atomic mass is 9.97. The number of amides is 3. The van der Waals surface area contributed by atoms with Gasteiger partial charge in [-0.3, -0.25) is 14.4 Å². The van der Waals surface area contributed by atoms with Crippen molar-refractivity contribution >= 4 is 35.4 Å². The highest BCUT2D eigenvalue weighted by Gasteiger charge is 2.37. The molecule has 1 aliphatic rings. The van der Waals surface area contributed by atoms with E-state index in [1.54, 1.807) is 45.9 Å². The van der Waals surface area contributed by atoms with Crippen LogP contribution in [0, 0.1) is 0 Å². The molecule has 3 amide bonds. The number of benzene rings is 2. The maximum absolute atomic E-state index is 13.2. The molecule has 0 saturated carbocycles. The maximum Gasteiger partial charge on any atom is 0.245 e. The van der Waals surface area contributed by atoms with E-state index in [1.807, 2.05) is 42.5 Å². The second-order valence-electron chi connectivity index (χ2n) is 10.0. The predicted octanol–water partition coefficient (Wildman–Crippen LogP) is 2.85. The van der Waals surface area contributed by atoms with Crippen molar-refractivity contribution in [2.45, 2.75) is 51.2 Å². The van der Waals surface area contributed by atoms with Crippen molar-refractivity contribution in [3.63, 3.8) is 0 Å². The minimum Gasteiger partial charge on any atom is -0.492 e. The highest BCUT2D eigenvalue weighted by atomic mass is 35.5. The van der Waals surface area contributed by atoms with E-state index < -0.39 is 23.0 Å². The van der Waals surface area contributed by atoms with Gasteiger partial charge in [0.05, 0.1) is 5.54 Å². The van der Waals surface area contributed by atoms with E-state index in [4.69, 9.17) is 16.3 Å². The van der Waals surface area contributed by atoms with E-state index in [-0.39, 0.29) is 24.8 Å². The Kier molecular flexibility index (Phi) is 9.34. The molecule has 1 atom stereocenters. The van der Waals surface area contributed by atoms with Crippen LogP contribution >= 0.6 is 11.6 Å². The third-order valence-electron chi connectivity index (χ3n) is 6.05. The van der Waals surface area contributed by atoms with E-state index >= 15 is 0 Å². The van der Waals surface area contributed by atoms with Crippen LogP contribution in [0.5, 0.6) is 5.75 Å². The Morgan fingerprint density at radius 3 is 2.49 bits per heavy atom. The van der Waals surface area contributed by atoms with Gasteiger partial charge < -0.3 is 26.0 Å². The van der Waals surface area contributed by atoms with E-state index in [0.29, 0.717) is 23.9 Å². The fourth-order valence-corrected chi connectivity index (χ4v) is 3.98. The molecule has 0 radical (unpaired) electrons. The van der Waals surface area contributed by atoms with Gasteiger partial charge in [-0.1, -0.05) is 54.1 Å². The Balaban J connectivity index is 1.88. The van der Waals surface area contributed by atoms with Crippen LogP contribution in [0.2, 0.25) is 5.02 Å². The van der Waals surface area contributed by atoms with Crippen molar-refractivity contribution in [2.24, 2.45) is 0 Å². The van der Waals surface area contributed by atoms with Crippen molar-refractivity contribution in [3.05, 3.63) is 70.8 Å². The molecule has 0 unspecified atom stereocenters. The molecular formula is C28H35ClN4O4. The lowest BCUT2D eigenvalue weighted by Gasteiger charge is -2.33. The van der Waals surface area contributed by atoms with Crippen LogP contribution in [-0.2, 0) is 20.8 Å². The smallest absolute Gasteiger partial charge is 0.245 e. The summed E-state index contributed by atoms with van der Waals surface area (Å²) in [5, 5.41) is 12.2. The molecule has 2 aromatic carbocycles. The molecule has 0 saturated heterocycles. The van der Waals surface area contributed by atoms with Gasteiger partial charge in [0.15, 0.2) is 0 Å². The Bertz CT molecular complexity index is 1160. The van der Waals surface area contributed by atoms with Gasteiger partial charge in [-0.2, -0.15) is 0 Å². The number of rotatable bonds is 2. The van der Waals surface area contributed by atoms with Crippen LogP contribution < -0.4 is 26.0 Å². The Morgan fingerprint density at radius 1 is 0.973 bits per heavy atom. The van der Waals surface area contributed by atoms with Crippen molar-refractivity contribution in [2.75, 3.05) is 19.7 Å². The fourth-order valence-electron chi connectivity index (χ4n) is 3.77. The lowest BCUT2D eigenvalue weighted by Crippen LogP contribution is -2.64. The normalized spacial score (nSPS) is 21.6. The standard InChI is InChI=1S/C28H35ClN4O4/c1-27(2)26(36)33-28(3,4)25(35)32-22(18-19-9-7-12-21(29)17-19)24(34)30-14-8-11-20-10-5-6-13-23(20)37-16-15-31-27/h5-13,17,22,31H,14-16,18H2,1-4H3,(H,30,34)(H,32,35)(H,33,36)/b11-8-/t22-/m0/s1. The molecule has 1 heterocycles. The van der Waals surface area contributed by atoms with E-state index in [2.05, 4.69) is 21.3 Å². The zero-order chi connectivity index (χ0) is 27.1. The molecule has 37 heavy (non-hydrogen) atoms. The summed E-state index contributed by atoms with van der Waals surface area (Å²) in [4.78, 5) is 39.5. The quantitative estimate of drug-likeness (QED) is 0.481. The molecule has 0 aliphatic carbocycles. The summed E-state index contributed by atoms with van der Waals surface area (Å²) in [6.45, 7) is 7.69. The summed E-state index contributed by atoms with van der Waals surface area (Å²) in [5.41, 5.74) is -0.586. The molecule has 2 aromatic rings. The predicted molar refractivity (Wildman–Crippen MR) is 145 cm³/mol. The van der Waals surface area contributed by atoms with Gasteiger partial charge in [-0.15, -0.1) is 0 Å². The fraction of sp³-hybridized carbons (Fsp3) is 0.393. The number of ether oxygens (including phenoxy) is 1. The van der Waals surface area contributed by atoms with Crippen LogP contribution in [-0.4, -0.2) is 54.5 Å². The van der Waals surface area contributed by atoms with E-state index in [0.717, 1.165) is 11.1 Å². The average Bonchev–Trinajstić information content (AvgIpc) is 2.83. The molecule has 9 heteroatoms. The Hall–Kier alpha value is -3.36. The van der Waals surface area contributed by atoms with Crippen LogP contribution in [0.15, 0.2) is 54.6 Å². The SMILES string of the molecule is CC1(C)NCCOc2ccccc2/C=C\CNC(=O)[C@H](Cc2cccc(Cl)c2)NC(=O)C(C)(C)NC1=O. The number of para-hydroxylation sites is 1. The maximum atomic E-state index is 13.2. The zero-order valence-electron chi connectivity index (χ0n) is 21.7. The summed E-state index contributed by atoms with van der Waals surface area (Å²) in [7, 11) is 0. The molecule has 0 aromatic heterocycles. The third kappa shape index (κ3) is 8.06. The minimum atomic E-state index is -1.27. The first-order chi connectivity index (χ1) is 17.5. The molecule has 0 spiro atoms. The van der Waals surface area contributed by atoms with Crippen LogP contribution in [0.4, 0.5) is 0 Å². The first-order valence-electron chi connectivity index (χ1n) is 12.3. The second-order valence-corrected chi connectivity index (χ2v) is 10.5. The van der Waals surface area contributed by atoms with E-state index in [9.17, 15) is 14.4 Å². The number of carbonyl (C=O) groups is 3. The molecule has 4 N–H and O–H groups in total. The third-order valence-corrected chi connectivity index (χ3v) is 6.28. The summed E-state index contributed by atoms with van der Waals surface area (Å²) in [6, 6.07) is 13.8. The Labute approximate surface area is 223 Å². The average molecular weight is 527 g/mol. The summed E-state index contributed by atoms with van der Waals surface area (Å²) in [6.07, 6.45) is 3.93. The van der Waals surface area contributed by atoms with Gasteiger partial charge in [0.25, 0.3) is 0 Å². The highest BCUT2D eigenvalue weighted by Crippen LogP contribution is 2.19. The summed E-state index contributed by atoms with van der Waals surface area (Å²) < 4.78 is 5.93. The van der Waals surface area contributed by atoms with Gasteiger partial charge in [0.1, 0.15) is 23.9 Å². The monoisotopic (exact) mass is 526 g/mol. The van der Waals surface area contributed by atoms with Gasteiger partial charge in [0.2, 0.25) is 17.7 Å². The summed E-state index contributed by atoms with van der Waals surface area (Å²) in [5.74, 6) is -0.490. The number of nitrogens with one attached hydrogen (secondary N) is 4.